The van der Waals surface area contributed by atoms with E-state index in [1.165, 1.54) is 6.92 Å². The van der Waals surface area contributed by atoms with Crippen LogP contribution in [-0.2, 0) is 15.0 Å². The van der Waals surface area contributed by atoms with Gasteiger partial charge in [-0.3, -0.25) is 14.4 Å². The number of ether oxygens (including phenoxy) is 1. The first-order valence-corrected chi connectivity index (χ1v) is 6.88. The normalized spacial score (nSPS) is 21.8. The number of ketones is 2. The molecule has 0 saturated heterocycles. The Balaban J connectivity index is 2.37. The second-order valence-electron chi connectivity index (χ2n) is 5.74. The lowest BCUT2D eigenvalue weighted by Gasteiger charge is -2.27. The Labute approximate surface area is 135 Å². The third kappa shape index (κ3) is 1.70. The minimum atomic E-state index is -1.63. The van der Waals surface area contributed by atoms with Crippen LogP contribution < -0.4 is 10.5 Å². The van der Waals surface area contributed by atoms with Crippen molar-refractivity contribution in [3.8, 4) is 17.2 Å². The summed E-state index contributed by atoms with van der Waals surface area (Å²) in [5.74, 6) is -4.53. The van der Waals surface area contributed by atoms with Crippen LogP contribution in [0.15, 0.2) is 29.2 Å². The standard InChI is InChI=1S/C16H13NO7/c1-5(18)10-7(20)4-9-16(2,14(10)22)12-8(21)3-6(19)11(15(17)23)13(12)24-9/h3-4,19-21H,1-2H3,(H2,17,23)/t16-/m1/s1. The van der Waals surface area contributed by atoms with Gasteiger partial charge in [-0.15, -0.1) is 0 Å². The number of benzene rings is 1. The molecule has 0 fully saturated rings. The number of Topliss-reactive ketones (excluding diaryl/α,β-unsaturated/α-hetero) is 2. The fraction of sp³-hybridized carbons (Fsp3) is 0.188. The molecule has 0 radical (unpaired) electrons. The molecule has 0 unspecified atom stereocenters. The Bertz CT molecular complexity index is 909. The molecule has 1 aromatic carbocycles. The summed E-state index contributed by atoms with van der Waals surface area (Å²) in [4.78, 5) is 36.1. The first kappa shape index (κ1) is 15.6. The van der Waals surface area contributed by atoms with Gasteiger partial charge in [0.05, 0.1) is 5.56 Å². The van der Waals surface area contributed by atoms with Crippen molar-refractivity contribution in [2.45, 2.75) is 19.3 Å². The summed E-state index contributed by atoms with van der Waals surface area (Å²) < 4.78 is 5.45. The third-order valence-corrected chi connectivity index (χ3v) is 4.25. The van der Waals surface area contributed by atoms with Crippen molar-refractivity contribution in [2.75, 3.05) is 0 Å². The molecule has 0 bridgehead atoms. The molecule has 1 aliphatic carbocycles. The minimum absolute atomic E-state index is 0.0894. The molecule has 1 aromatic rings. The number of hydrogen-bond donors (Lipinski definition) is 4. The highest BCUT2D eigenvalue weighted by Gasteiger charge is 2.55. The van der Waals surface area contributed by atoms with E-state index in [1.807, 2.05) is 0 Å². The van der Waals surface area contributed by atoms with Crippen LogP contribution in [0.4, 0.5) is 0 Å². The zero-order valence-corrected chi connectivity index (χ0v) is 12.7. The van der Waals surface area contributed by atoms with Gasteiger partial charge in [0.15, 0.2) is 17.3 Å². The highest BCUT2D eigenvalue weighted by molar-refractivity contribution is 6.25. The van der Waals surface area contributed by atoms with Crippen molar-refractivity contribution >= 4 is 17.5 Å². The summed E-state index contributed by atoms with van der Waals surface area (Å²) in [7, 11) is 0. The molecule has 0 spiro atoms. The van der Waals surface area contributed by atoms with Crippen LogP contribution >= 0.6 is 0 Å². The van der Waals surface area contributed by atoms with Gasteiger partial charge < -0.3 is 25.8 Å². The van der Waals surface area contributed by atoms with Crippen LogP contribution in [0.2, 0.25) is 0 Å². The van der Waals surface area contributed by atoms with Crippen molar-refractivity contribution in [2.24, 2.45) is 5.73 Å². The number of phenolic OH excluding ortho intramolecular Hbond substituents is 1. The van der Waals surface area contributed by atoms with Gasteiger partial charge in [0, 0.05) is 12.1 Å². The van der Waals surface area contributed by atoms with Gasteiger partial charge in [-0.1, -0.05) is 0 Å². The van der Waals surface area contributed by atoms with Crippen LogP contribution in [0, 0.1) is 0 Å². The van der Waals surface area contributed by atoms with E-state index >= 15 is 0 Å². The molecule has 0 aromatic heterocycles. The van der Waals surface area contributed by atoms with Gasteiger partial charge in [-0.05, 0) is 13.8 Å². The fourth-order valence-electron chi connectivity index (χ4n) is 3.09. The highest BCUT2D eigenvalue weighted by atomic mass is 16.5. The van der Waals surface area contributed by atoms with Crippen LogP contribution in [0.5, 0.6) is 17.2 Å². The van der Waals surface area contributed by atoms with E-state index in [0.29, 0.717) is 0 Å². The van der Waals surface area contributed by atoms with Gasteiger partial charge in [0.1, 0.15) is 39.6 Å². The number of phenols is 2. The second-order valence-corrected chi connectivity index (χ2v) is 5.74. The number of fused-ring (bicyclic) bond motifs is 3. The van der Waals surface area contributed by atoms with Crippen molar-refractivity contribution in [3.05, 3.63) is 40.4 Å². The number of allylic oxidation sites excluding steroid dienone is 3. The highest BCUT2D eigenvalue weighted by Crippen LogP contribution is 2.56. The molecule has 24 heavy (non-hydrogen) atoms. The lowest BCUT2D eigenvalue weighted by Crippen LogP contribution is -2.38. The van der Waals surface area contributed by atoms with Crippen molar-refractivity contribution < 1.29 is 34.4 Å². The van der Waals surface area contributed by atoms with Gasteiger partial charge in [-0.25, -0.2) is 0 Å². The minimum Gasteiger partial charge on any atom is -0.507 e. The van der Waals surface area contributed by atoms with E-state index in [2.05, 4.69) is 0 Å². The number of carbonyl (C=O) groups is 3. The smallest absolute Gasteiger partial charge is 0.256 e. The predicted octanol–water partition coefficient (Wildman–Crippen LogP) is 0.714. The molecule has 1 heterocycles. The summed E-state index contributed by atoms with van der Waals surface area (Å²) in [5.41, 5.74) is 2.65. The fourth-order valence-corrected chi connectivity index (χ4v) is 3.09. The monoisotopic (exact) mass is 331 g/mol. The van der Waals surface area contributed by atoms with E-state index in [1.54, 1.807) is 0 Å². The van der Waals surface area contributed by atoms with E-state index < -0.39 is 51.3 Å². The zero-order valence-electron chi connectivity index (χ0n) is 12.7. The molecular formula is C16H13NO7. The Morgan fingerprint density at radius 2 is 1.83 bits per heavy atom. The maximum atomic E-state index is 12.8. The number of aliphatic hydroxyl groups is 1. The Hall–Kier alpha value is -3.29. The number of amides is 1. The number of aromatic hydroxyl groups is 2. The van der Waals surface area contributed by atoms with E-state index in [4.69, 9.17) is 10.5 Å². The molecule has 3 rings (SSSR count). The molecule has 8 heteroatoms. The molecule has 0 saturated carbocycles. The lowest BCUT2D eigenvalue weighted by molar-refractivity contribution is -0.123. The largest absolute Gasteiger partial charge is 0.507 e. The predicted molar refractivity (Wildman–Crippen MR) is 79.7 cm³/mol. The number of nitrogens with two attached hydrogens (primary N) is 1. The van der Waals surface area contributed by atoms with Gasteiger partial charge in [0.2, 0.25) is 0 Å². The maximum Gasteiger partial charge on any atom is 0.256 e. The van der Waals surface area contributed by atoms with Crippen molar-refractivity contribution in [1.29, 1.82) is 0 Å². The summed E-state index contributed by atoms with van der Waals surface area (Å²) in [5, 5.41) is 30.0. The summed E-state index contributed by atoms with van der Waals surface area (Å²) in [6.45, 7) is 2.50. The molecule has 8 nitrogen and oxygen atoms in total. The Morgan fingerprint density at radius 1 is 1.21 bits per heavy atom. The molecule has 1 atom stereocenters. The first-order valence-electron chi connectivity index (χ1n) is 6.88. The van der Waals surface area contributed by atoms with Gasteiger partial charge in [0.25, 0.3) is 5.91 Å². The van der Waals surface area contributed by atoms with Crippen LogP contribution in [0.25, 0.3) is 0 Å². The summed E-state index contributed by atoms with van der Waals surface area (Å²) in [6, 6.07) is 0.870. The average molecular weight is 331 g/mol. The summed E-state index contributed by atoms with van der Waals surface area (Å²) >= 11 is 0. The molecule has 5 N–H and O–H groups in total. The number of hydrogen-bond acceptors (Lipinski definition) is 7. The van der Waals surface area contributed by atoms with E-state index in [0.717, 1.165) is 19.1 Å². The molecule has 1 aliphatic heterocycles. The molecule has 124 valence electrons. The molecule has 1 amide bonds. The number of aliphatic hydroxyl groups excluding tert-OH is 1. The van der Waals surface area contributed by atoms with Crippen LogP contribution in [0.3, 0.4) is 0 Å². The molecule has 2 aliphatic rings. The Kier molecular flexibility index (Phi) is 2.99. The number of rotatable bonds is 2. The van der Waals surface area contributed by atoms with Gasteiger partial charge >= 0.3 is 0 Å². The quantitative estimate of drug-likeness (QED) is 0.583. The zero-order chi connectivity index (χ0) is 18.0. The van der Waals surface area contributed by atoms with E-state index in [-0.39, 0.29) is 17.1 Å². The van der Waals surface area contributed by atoms with Gasteiger partial charge in [-0.2, -0.15) is 0 Å². The number of primary amides is 1. The van der Waals surface area contributed by atoms with Crippen LogP contribution in [-0.4, -0.2) is 32.8 Å². The topological polar surface area (TPSA) is 147 Å². The third-order valence-electron chi connectivity index (χ3n) is 4.25. The first-order chi connectivity index (χ1) is 11.1. The SMILES string of the molecule is CC(=O)C1=C(O)C=C2Oc3c(C(N)=O)c(O)cc(O)c3[C@]2(C)C1=O. The average Bonchev–Trinajstić information content (AvgIpc) is 2.72. The molecular weight excluding hydrogens is 318 g/mol. The Morgan fingerprint density at radius 3 is 2.38 bits per heavy atom. The van der Waals surface area contributed by atoms with Crippen molar-refractivity contribution in [1.82, 2.24) is 0 Å². The van der Waals surface area contributed by atoms with Crippen LogP contribution in [0.1, 0.15) is 29.8 Å². The van der Waals surface area contributed by atoms with Crippen molar-refractivity contribution in [3.63, 3.8) is 0 Å². The van der Waals surface area contributed by atoms with E-state index in [9.17, 15) is 29.7 Å². The maximum absolute atomic E-state index is 12.8. The second kappa shape index (κ2) is 4.60. The summed E-state index contributed by atoms with van der Waals surface area (Å²) in [6.07, 6.45) is 1.07. The lowest BCUT2D eigenvalue weighted by atomic mass is 9.71. The number of carbonyl (C=O) groups excluding carboxylic acids is 3.